The topological polar surface area (TPSA) is 78.6 Å². The molecule has 1 saturated heterocycles. The molecule has 2 aromatic heterocycles. The van der Waals surface area contributed by atoms with Gasteiger partial charge in [0.25, 0.3) is 5.91 Å². The number of furan rings is 1. The third-order valence-corrected chi connectivity index (χ3v) is 4.82. The van der Waals surface area contributed by atoms with Gasteiger partial charge in [-0.05, 0) is 56.2 Å². The molecule has 6 heteroatoms. The largest absolute Gasteiger partial charge is 0.459 e. The highest BCUT2D eigenvalue weighted by molar-refractivity contribution is 6.04. The SMILES string of the molecule is Cc1cc(N2CCCC2CO)c2ccc(NC(=O)c3ccco3)cc2n1. The van der Waals surface area contributed by atoms with E-state index < -0.39 is 0 Å². The summed E-state index contributed by atoms with van der Waals surface area (Å²) in [6.07, 6.45) is 3.54. The summed E-state index contributed by atoms with van der Waals surface area (Å²) in [4.78, 5) is 19.1. The van der Waals surface area contributed by atoms with Crippen LogP contribution in [0.25, 0.3) is 10.9 Å². The van der Waals surface area contributed by atoms with Crippen LogP contribution in [0.15, 0.2) is 47.1 Å². The second-order valence-corrected chi connectivity index (χ2v) is 6.62. The number of hydrogen-bond acceptors (Lipinski definition) is 5. The molecule has 1 fully saturated rings. The molecule has 4 rings (SSSR count). The van der Waals surface area contributed by atoms with E-state index in [4.69, 9.17) is 4.42 Å². The molecule has 6 nitrogen and oxygen atoms in total. The van der Waals surface area contributed by atoms with Gasteiger partial charge in [-0.2, -0.15) is 0 Å². The summed E-state index contributed by atoms with van der Waals surface area (Å²) in [5, 5.41) is 13.5. The summed E-state index contributed by atoms with van der Waals surface area (Å²) in [5.41, 5.74) is 3.49. The fourth-order valence-electron chi connectivity index (χ4n) is 3.60. The molecule has 0 radical (unpaired) electrons. The number of fused-ring (bicyclic) bond motifs is 1. The number of pyridine rings is 1. The Labute approximate surface area is 151 Å². The van der Waals surface area contributed by atoms with Crippen LogP contribution in [-0.4, -0.2) is 35.2 Å². The molecule has 1 amide bonds. The van der Waals surface area contributed by atoms with Crippen molar-refractivity contribution >= 4 is 28.2 Å². The normalized spacial score (nSPS) is 17.0. The average molecular weight is 351 g/mol. The van der Waals surface area contributed by atoms with Gasteiger partial charge < -0.3 is 19.7 Å². The fraction of sp³-hybridized carbons (Fsp3) is 0.300. The Morgan fingerprint density at radius 2 is 2.27 bits per heavy atom. The molecular weight excluding hydrogens is 330 g/mol. The number of carbonyl (C=O) groups excluding carboxylic acids is 1. The zero-order valence-electron chi connectivity index (χ0n) is 14.6. The van der Waals surface area contributed by atoms with Gasteiger partial charge in [-0.25, -0.2) is 0 Å². The molecule has 0 bridgehead atoms. The molecule has 0 aliphatic carbocycles. The Morgan fingerprint density at radius 1 is 1.38 bits per heavy atom. The zero-order chi connectivity index (χ0) is 18.1. The van der Waals surface area contributed by atoms with Crippen LogP contribution in [0.4, 0.5) is 11.4 Å². The number of benzene rings is 1. The molecule has 2 N–H and O–H groups in total. The Kier molecular flexibility index (Phi) is 4.34. The van der Waals surface area contributed by atoms with Gasteiger partial charge in [0.2, 0.25) is 0 Å². The first-order chi connectivity index (χ1) is 12.7. The van der Waals surface area contributed by atoms with Gasteiger partial charge in [0, 0.05) is 29.0 Å². The Bertz CT molecular complexity index is 937. The number of carbonyl (C=O) groups is 1. The van der Waals surface area contributed by atoms with Crippen LogP contribution >= 0.6 is 0 Å². The Morgan fingerprint density at radius 3 is 3.04 bits per heavy atom. The molecule has 3 aromatic rings. The summed E-state index contributed by atoms with van der Waals surface area (Å²) in [6.45, 7) is 3.04. The van der Waals surface area contributed by atoms with Gasteiger partial charge >= 0.3 is 0 Å². The summed E-state index contributed by atoms with van der Waals surface area (Å²) >= 11 is 0. The van der Waals surface area contributed by atoms with E-state index in [1.165, 1.54) is 6.26 Å². The van der Waals surface area contributed by atoms with Crippen LogP contribution < -0.4 is 10.2 Å². The van der Waals surface area contributed by atoms with Crippen LogP contribution in [0.2, 0.25) is 0 Å². The summed E-state index contributed by atoms with van der Waals surface area (Å²) in [7, 11) is 0. The van der Waals surface area contributed by atoms with Gasteiger partial charge in [0.1, 0.15) is 0 Å². The van der Waals surface area contributed by atoms with E-state index in [-0.39, 0.29) is 24.3 Å². The van der Waals surface area contributed by atoms with Crippen molar-refractivity contribution in [3.8, 4) is 0 Å². The average Bonchev–Trinajstić information content (AvgIpc) is 3.32. The van der Waals surface area contributed by atoms with E-state index in [9.17, 15) is 9.90 Å². The van der Waals surface area contributed by atoms with E-state index in [1.807, 2.05) is 25.1 Å². The minimum absolute atomic E-state index is 0.151. The number of amides is 1. The highest BCUT2D eigenvalue weighted by Gasteiger charge is 2.25. The van der Waals surface area contributed by atoms with E-state index >= 15 is 0 Å². The van der Waals surface area contributed by atoms with E-state index in [0.717, 1.165) is 41.7 Å². The van der Waals surface area contributed by atoms with Crippen LogP contribution in [-0.2, 0) is 0 Å². The first-order valence-electron chi connectivity index (χ1n) is 8.79. The Hall–Kier alpha value is -2.86. The first kappa shape index (κ1) is 16.6. The zero-order valence-corrected chi connectivity index (χ0v) is 14.6. The minimum Gasteiger partial charge on any atom is -0.459 e. The predicted octanol–water partition coefficient (Wildman–Crippen LogP) is 3.35. The maximum atomic E-state index is 12.2. The van der Waals surface area contributed by atoms with Gasteiger partial charge in [-0.1, -0.05) is 0 Å². The van der Waals surface area contributed by atoms with Crippen molar-refractivity contribution in [1.29, 1.82) is 0 Å². The van der Waals surface area contributed by atoms with Crippen LogP contribution in [0, 0.1) is 6.92 Å². The van der Waals surface area contributed by atoms with Gasteiger partial charge in [0.15, 0.2) is 5.76 Å². The number of aryl methyl sites for hydroxylation is 1. The van der Waals surface area contributed by atoms with Crippen LogP contribution in [0.3, 0.4) is 0 Å². The highest BCUT2D eigenvalue weighted by atomic mass is 16.3. The second kappa shape index (κ2) is 6.80. The number of aromatic nitrogens is 1. The van der Waals surface area contributed by atoms with E-state index in [0.29, 0.717) is 5.69 Å². The van der Waals surface area contributed by atoms with Crippen LogP contribution in [0.1, 0.15) is 29.1 Å². The highest BCUT2D eigenvalue weighted by Crippen LogP contribution is 2.33. The van der Waals surface area contributed by atoms with Gasteiger partial charge in [0.05, 0.1) is 24.4 Å². The van der Waals surface area contributed by atoms with Crippen molar-refractivity contribution in [1.82, 2.24) is 4.98 Å². The summed E-state index contributed by atoms with van der Waals surface area (Å²) in [6, 6.07) is 11.2. The minimum atomic E-state index is -0.290. The van der Waals surface area contributed by atoms with Crippen molar-refractivity contribution in [2.24, 2.45) is 0 Å². The van der Waals surface area contributed by atoms with E-state index in [2.05, 4.69) is 21.3 Å². The summed E-state index contributed by atoms with van der Waals surface area (Å²) in [5.74, 6) is -0.0204. The van der Waals surface area contributed by atoms with Crippen molar-refractivity contribution in [3.05, 3.63) is 54.1 Å². The van der Waals surface area contributed by atoms with Gasteiger partial charge in [-0.3, -0.25) is 9.78 Å². The van der Waals surface area contributed by atoms with Crippen molar-refractivity contribution in [2.75, 3.05) is 23.4 Å². The third kappa shape index (κ3) is 3.04. The third-order valence-electron chi connectivity index (χ3n) is 4.82. The molecule has 3 heterocycles. The molecule has 1 aromatic carbocycles. The lowest BCUT2D eigenvalue weighted by Gasteiger charge is -2.27. The number of aliphatic hydroxyl groups is 1. The maximum absolute atomic E-state index is 12.2. The molecule has 1 unspecified atom stereocenters. The lowest BCUT2D eigenvalue weighted by atomic mass is 10.1. The molecule has 134 valence electrons. The molecule has 0 spiro atoms. The second-order valence-electron chi connectivity index (χ2n) is 6.62. The van der Waals surface area contributed by atoms with Crippen molar-refractivity contribution < 1.29 is 14.3 Å². The summed E-state index contributed by atoms with van der Waals surface area (Å²) < 4.78 is 5.13. The number of nitrogens with zero attached hydrogens (tertiary/aromatic N) is 2. The molecule has 1 aliphatic rings. The smallest absolute Gasteiger partial charge is 0.291 e. The molecule has 1 atom stereocenters. The van der Waals surface area contributed by atoms with Crippen LogP contribution in [0.5, 0.6) is 0 Å². The number of nitrogens with one attached hydrogen (secondary N) is 1. The van der Waals surface area contributed by atoms with Gasteiger partial charge in [-0.15, -0.1) is 0 Å². The Balaban J connectivity index is 1.69. The van der Waals surface area contributed by atoms with E-state index in [1.54, 1.807) is 12.1 Å². The lowest BCUT2D eigenvalue weighted by Crippen LogP contribution is -2.32. The quantitative estimate of drug-likeness (QED) is 0.754. The maximum Gasteiger partial charge on any atom is 0.291 e. The first-order valence-corrected chi connectivity index (χ1v) is 8.79. The number of rotatable bonds is 4. The standard InChI is InChI=1S/C20H21N3O3/c1-13-10-18(23-8-2-4-15(23)12-24)16-7-6-14(11-17(16)21-13)22-20(25)19-5-3-9-26-19/h3,5-7,9-11,15,24H,2,4,8,12H2,1H3,(H,22,25). The fourth-order valence-corrected chi connectivity index (χ4v) is 3.60. The molecule has 1 aliphatic heterocycles. The monoisotopic (exact) mass is 351 g/mol. The van der Waals surface area contributed by atoms with Crippen molar-refractivity contribution in [3.63, 3.8) is 0 Å². The molecule has 0 saturated carbocycles. The van der Waals surface area contributed by atoms with Crippen molar-refractivity contribution in [2.45, 2.75) is 25.8 Å². The number of aliphatic hydroxyl groups excluding tert-OH is 1. The number of anilines is 2. The number of hydrogen-bond donors (Lipinski definition) is 2. The predicted molar refractivity (Wildman–Crippen MR) is 101 cm³/mol. The lowest BCUT2D eigenvalue weighted by molar-refractivity contribution is 0.0996. The molecular formula is C20H21N3O3. The molecule has 26 heavy (non-hydrogen) atoms.